The summed E-state index contributed by atoms with van der Waals surface area (Å²) >= 11 is 0. The van der Waals surface area contributed by atoms with Crippen LogP contribution in [0, 0.1) is 5.92 Å². The first-order valence-electron chi connectivity index (χ1n) is 6.19. The third-order valence-electron chi connectivity index (χ3n) is 3.95. The van der Waals surface area contributed by atoms with Gasteiger partial charge in [0.2, 0.25) is 0 Å². The van der Waals surface area contributed by atoms with Gasteiger partial charge in [0.25, 0.3) is 0 Å². The number of hydrogen-bond donors (Lipinski definition) is 0. The van der Waals surface area contributed by atoms with Gasteiger partial charge in [0.05, 0.1) is 5.04 Å². The maximum Gasteiger partial charge on any atom is 0.308 e. The highest BCUT2D eigenvalue weighted by Gasteiger charge is 2.36. The van der Waals surface area contributed by atoms with E-state index in [2.05, 4.69) is 20.8 Å². The van der Waals surface area contributed by atoms with Crippen LogP contribution in [0.1, 0.15) is 52.9 Å². The first-order chi connectivity index (χ1) is 6.98. The Morgan fingerprint density at radius 1 is 1.53 bits per heavy atom. The second kappa shape index (κ2) is 5.15. The maximum absolute atomic E-state index is 12.0. The van der Waals surface area contributed by atoms with Crippen molar-refractivity contribution in [3.63, 3.8) is 0 Å². The van der Waals surface area contributed by atoms with Gasteiger partial charge in [-0.3, -0.25) is 4.79 Å². The zero-order valence-electron chi connectivity index (χ0n) is 10.5. The molecule has 88 valence electrons. The molecule has 0 spiro atoms. The zero-order chi connectivity index (χ0) is 11.5. The highest BCUT2D eigenvalue weighted by atomic mass is 28.1. The number of ether oxygens (including phenoxy) is 1. The van der Waals surface area contributed by atoms with E-state index in [1.54, 1.807) is 0 Å². The summed E-state index contributed by atoms with van der Waals surface area (Å²) in [5.41, 5.74) is 0. The van der Waals surface area contributed by atoms with Crippen molar-refractivity contribution in [2.75, 3.05) is 0 Å². The standard InChI is InChI=1S/C12H24O2Si/c1-4-9(2)12(3,15)11(13)14-10-7-5-6-8-10/h9-10H,4-8H2,1-3,15H3. The fourth-order valence-electron chi connectivity index (χ4n) is 2.02. The maximum atomic E-state index is 12.0. The van der Waals surface area contributed by atoms with Crippen LogP contribution >= 0.6 is 0 Å². The molecule has 0 aromatic heterocycles. The molecule has 0 aliphatic heterocycles. The van der Waals surface area contributed by atoms with Gasteiger partial charge in [0.1, 0.15) is 6.10 Å². The lowest BCUT2D eigenvalue weighted by Gasteiger charge is -2.30. The van der Waals surface area contributed by atoms with Gasteiger partial charge in [-0.1, -0.05) is 27.2 Å². The Bertz CT molecular complexity index is 220. The van der Waals surface area contributed by atoms with Gasteiger partial charge in [-0.2, -0.15) is 0 Å². The molecule has 2 nitrogen and oxygen atoms in total. The molecule has 0 amide bonds. The average Bonchev–Trinajstić information content (AvgIpc) is 2.68. The third-order valence-corrected chi connectivity index (χ3v) is 5.34. The smallest absolute Gasteiger partial charge is 0.308 e. The third kappa shape index (κ3) is 3.07. The van der Waals surface area contributed by atoms with E-state index >= 15 is 0 Å². The summed E-state index contributed by atoms with van der Waals surface area (Å²) in [5, 5.41) is -0.197. The molecular formula is C12H24O2Si. The highest BCUT2D eigenvalue weighted by molar-refractivity contribution is 6.26. The molecule has 0 aromatic rings. The molecule has 1 rings (SSSR count). The van der Waals surface area contributed by atoms with E-state index in [0.29, 0.717) is 5.92 Å². The van der Waals surface area contributed by atoms with Crippen LogP contribution in [-0.4, -0.2) is 22.3 Å². The van der Waals surface area contributed by atoms with Crippen molar-refractivity contribution in [1.82, 2.24) is 0 Å². The van der Waals surface area contributed by atoms with E-state index in [-0.39, 0.29) is 17.1 Å². The molecule has 1 saturated carbocycles. The number of carbonyl (C=O) groups excluding carboxylic acids is 1. The highest BCUT2D eigenvalue weighted by Crippen LogP contribution is 2.36. The van der Waals surface area contributed by atoms with Crippen LogP contribution in [0.3, 0.4) is 0 Å². The lowest BCUT2D eigenvalue weighted by Crippen LogP contribution is -2.32. The Labute approximate surface area is 96.2 Å². The van der Waals surface area contributed by atoms with Crippen molar-refractivity contribution in [1.29, 1.82) is 0 Å². The van der Waals surface area contributed by atoms with Crippen LogP contribution in [-0.2, 0) is 9.53 Å². The summed E-state index contributed by atoms with van der Waals surface area (Å²) in [4.78, 5) is 12.0. The largest absolute Gasteiger partial charge is 0.462 e. The lowest BCUT2D eigenvalue weighted by molar-refractivity contribution is -0.153. The van der Waals surface area contributed by atoms with Crippen molar-refractivity contribution in [3.05, 3.63) is 0 Å². The number of esters is 1. The molecule has 2 unspecified atom stereocenters. The molecule has 1 fully saturated rings. The summed E-state index contributed by atoms with van der Waals surface area (Å²) < 4.78 is 5.59. The summed E-state index contributed by atoms with van der Waals surface area (Å²) in [5.74, 6) is 0.494. The Morgan fingerprint density at radius 3 is 2.53 bits per heavy atom. The SMILES string of the molecule is CCC(C)C(C)([SiH3])C(=O)OC1CCCC1. The van der Waals surface area contributed by atoms with Crippen molar-refractivity contribution < 1.29 is 9.53 Å². The van der Waals surface area contributed by atoms with Crippen LogP contribution in [0.25, 0.3) is 0 Å². The molecule has 0 N–H and O–H groups in total. The van der Waals surface area contributed by atoms with E-state index < -0.39 is 0 Å². The predicted octanol–water partition coefficient (Wildman–Crippen LogP) is 2.06. The predicted molar refractivity (Wildman–Crippen MR) is 66.1 cm³/mol. The molecule has 0 saturated heterocycles. The zero-order valence-corrected chi connectivity index (χ0v) is 12.5. The Balaban J connectivity index is 2.50. The fraction of sp³-hybridized carbons (Fsp3) is 0.917. The number of rotatable bonds is 4. The van der Waals surface area contributed by atoms with E-state index in [1.807, 2.05) is 0 Å². The summed E-state index contributed by atoms with van der Waals surface area (Å²) in [6.07, 6.45) is 5.86. The van der Waals surface area contributed by atoms with E-state index in [0.717, 1.165) is 29.5 Å². The van der Waals surface area contributed by atoms with Crippen LogP contribution < -0.4 is 0 Å². The normalized spacial score (nSPS) is 23.7. The second-order valence-electron chi connectivity index (χ2n) is 5.34. The van der Waals surface area contributed by atoms with Gasteiger partial charge in [-0.15, -0.1) is 0 Å². The molecule has 0 radical (unpaired) electrons. The summed E-state index contributed by atoms with van der Waals surface area (Å²) in [7, 11) is 0.882. The fourth-order valence-corrected chi connectivity index (χ4v) is 2.55. The topological polar surface area (TPSA) is 26.3 Å². The molecule has 3 heteroatoms. The first-order valence-corrected chi connectivity index (χ1v) is 7.19. The first kappa shape index (κ1) is 12.8. The molecule has 1 aliphatic carbocycles. The molecule has 0 heterocycles. The van der Waals surface area contributed by atoms with Crippen molar-refractivity contribution >= 4 is 16.2 Å². The summed E-state index contributed by atoms with van der Waals surface area (Å²) in [6.45, 7) is 6.36. The average molecular weight is 228 g/mol. The van der Waals surface area contributed by atoms with Crippen molar-refractivity contribution in [2.24, 2.45) is 5.92 Å². The number of carbonyl (C=O) groups is 1. The minimum Gasteiger partial charge on any atom is -0.462 e. The Morgan fingerprint density at radius 2 is 2.07 bits per heavy atom. The molecular weight excluding hydrogens is 204 g/mol. The molecule has 0 bridgehead atoms. The van der Waals surface area contributed by atoms with Gasteiger partial charge in [-0.05, 0) is 31.6 Å². The van der Waals surface area contributed by atoms with Gasteiger partial charge in [0.15, 0.2) is 0 Å². The second-order valence-corrected chi connectivity index (χ2v) is 7.42. The van der Waals surface area contributed by atoms with Gasteiger partial charge < -0.3 is 4.74 Å². The Kier molecular flexibility index (Phi) is 4.38. The Hall–Kier alpha value is -0.313. The number of hydrogen-bond acceptors (Lipinski definition) is 2. The van der Waals surface area contributed by atoms with E-state index in [4.69, 9.17) is 4.74 Å². The minimum atomic E-state index is -0.197. The summed E-state index contributed by atoms with van der Waals surface area (Å²) in [6, 6.07) is 0. The van der Waals surface area contributed by atoms with Crippen molar-refractivity contribution in [2.45, 2.75) is 64.0 Å². The van der Waals surface area contributed by atoms with Gasteiger partial charge in [-0.25, -0.2) is 0 Å². The monoisotopic (exact) mass is 228 g/mol. The van der Waals surface area contributed by atoms with Crippen LogP contribution in [0.4, 0.5) is 0 Å². The molecule has 0 aromatic carbocycles. The lowest BCUT2D eigenvalue weighted by atomic mass is 9.92. The molecule has 2 atom stereocenters. The van der Waals surface area contributed by atoms with Gasteiger partial charge in [0, 0.05) is 10.2 Å². The van der Waals surface area contributed by atoms with Gasteiger partial charge >= 0.3 is 5.97 Å². The van der Waals surface area contributed by atoms with Crippen LogP contribution in [0.15, 0.2) is 0 Å². The molecule has 15 heavy (non-hydrogen) atoms. The quantitative estimate of drug-likeness (QED) is 0.544. The van der Waals surface area contributed by atoms with Crippen LogP contribution in [0.5, 0.6) is 0 Å². The van der Waals surface area contributed by atoms with Crippen molar-refractivity contribution in [3.8, 4) is 0 Å². The van der Waals surface area contributed by atoms with E-state index in [1.165, 1.54) is 12.8 Å². The minimum absolute atomic E-state index is 0.0513. The van der Waals surface area contributed by atoms with Crippen LogP contribution in [0.2, 0.25) is 5.04 Å². The molecule has 1 aliphatic rings. The van der Waals surface area contributed by atoms with E-state index in [9.17, 15) is 4.79 Å².